The summed E-state index contributed by atoms with van der Waals surface area (Å²) in [4.78, 5) is 8.66. The van der Waals surface area contributed by atoms with Gasteiger partial charge in [0.2, 0.25) is 5.88 Å². The Balaban J connectivity index is 0.00000400. The van der Waals surface area contributed by atoms with E-state index < -0.39 is 0 Å². The SMILES string of the molecule is CCNC(=NCc1cccnc1OC)NCCOCC.I. The van der Waals surface area contributed by atoms with Gasteiger partial charge in [-0.15, -0.1) is 24.0 Å². The molecule has 0 fully saturated rings. The van der Waals surface area contributed by atoms with Crippen LogP contribution < -0.4 is 15.4 Å². The largest absolute Gasteiger partial charge is 0.481 e. The minimum atomic E-state index is 0. The third-order valence-corrected chi connectivity index (χ3v) is 2.54. The molecule has 0 atom stereocenters. The number of guanidine groups is 1. The van der Waals surface area contributed by atoms with Gasteiger partial charge in [0, 0.05) is 31.5 Å². The number of nitrogens with one attached hydrogen (secondary N) is 2. The summed E-state index contributed by atoms with van der Waals surface area (Å²) in [7, 11) is 1.61. The lowest BCUT2D eigenvalue weighted by molar-refractivity contribution is 0.152. The minimum Gasteiger partial charge on any atom is -0.481 e. The summed E-state index contributed by atoms with van der Waals surface area (Å²) in [5.74, 6) is 1.37. The van der Waals surface area contributed by atoms with E-state index in [-0.39, 0.29) is 24.0 Å². The number of hydrogen-bond acceptors (Lipinski definition) is 4. The molecular weight excluding hydrogens is 383 g/mol. The number of nitrogens with zero attached hydrogens (tertiary/aromatic N) is 2. The molecule has 120 valence electrons. The molecule has 0 aliphatic rings. The second-order valence-electron chi connectivity index (χ2n) is 3.99. The van der Waals surface area contributed by atoms with Gasteiger partial charge in [0.15, 0.2) is 5.96 Å². The van der Waals surface area contributed by atoms with Gasteiger partial charge in [0.1, 0.15) is 0 Å². The lowest BCUT2D eigenvalue weighted by Crippen LogP contribution is -2.39. The van der Waals surface area contributed by atoms with Crippen LogP contribution in [0, 0.1) is 0 Å². The van der Waals surface area contributed by atoms with E-state index in [4.69, 9.17) is 9.47 Å². The molecule has 2 N–H and O–H groups in total. The van der Waals surface area contributed by atoms with Gasteiger partial charge in [0.05, 0.1) is 20.3 Å². The van der Waals surface area contributed by atoms with Crippen molar-refractivity contribution in [1.82, 2.24) is 15.6 Å². The number of halogens is 1. The van der Waals surface area contributed by atoms with Crippen molar-refractivity contribution < 1.29 is 9.47 Å². The van der Waals surface area contributed by atoms with Crippen LogP contribution in [0.25, 0.3) is 0 Å². The normalized spacial score (nSPS) is 10.7. The summed E-state index contributed by atoms with van der Waals surface area (Å²) in [5.41, 5.74) is 0.956. The third kappa shape index (κ3) is 8.05. The Bertz CT molecular complexity index is 416. The Morgan fingerprint density at radius 2 is 2.14 bits per heavy atom. The number of hydrogen-bond donors (Lipinski definition) is 2. The zero-order chi connectivity index (χ0) is 14.6. The maximum Gasteiger partial charge on any atom is 0.218 e. The second kappa shape index (κ2) is 12.6. The van der Waals surface area contributed by atoms with Crippen molar-refractivity contribution in [3.8, 4) is 5.88 Å². The Hall–Kier alpha value is -1.09. The average molecular weight is 408 g/mol. The molecule has 0 radical (unpaired) electrons. The van der Waals surface area contributed by atoms with E-state index in [0.717, 1.165) is 31.2 Å². The van der Waals surface area contributed by atoms with Crippen LogP contribution in [0.3, 0.4) is 0 Å². The number of rotatable bonds is 8. The first-order valence-corrected chi connectivity index (χ1v) is 6.89. The summed E-state index contributed by atoms with van der Waals surface area (Å²) in [5, 5.41) is 6.41. The van der Waals surface area contributed by atoms with Gasteiger partial charge in [-0.1, -0.05) is 6.07 Å². The lowest BCUT2D eigenvalue weighted by atomic mass is 10.3. The lowest BCUT2D eigenvalue weighted by Gasteiger charge is -2.11. The van der Waals surface area contributed by atoms with Gasteiger partial charge in [-0.2, -0.15) is 0 Å². The van der Waals surface area contributed by atoms with E-state index in [1.165, 1.54) is 0 Å². The van der Waals surface area contributed by atoms with Crippen molar-refractivity contribution in [2.75, 3.05) is 33.4 Å². The molecule has 1 aromatic heterocycles. The highest BCUT2D eigenvalue weighted by Crippen LogP contribution is 2.14. The van der Waals surface area contributed by atoms with E-state index in [1.54, 1.807) is 13.3 Å². The monoisotopic (exact) mass is 408 g/mol. The summed E-state index contributed by atoms with van der Waals surface area (Å²) >= 11 is 0. The van der Waals surface area contributed by atoms with Crippen LogP contribution in [-0.2, 0) is 11.3 Å². The number of aliphatic imine (C=N–C) groups is 1. The fraction of sp³-hybridized carbons (Fsp3) is 0.571. The Kier molecular flexibility index (Phi) is 12.0. The molecule has 7 heteroatoms. The maximum absolute atomic E-state index is 5.29. The third-order valence-electron chi connectivity index (χ3n) is 2.54. The van der Waals surface area contributed by atoms with E-state index >= 15 is 0 Å². The molecule has 1 rings (SSSR count). The molecule has 0 bridgehead atoms. The fourth-order valence-corrected chi connectivity index (χ4v) is 1.62. The highest BCUT2D eigenvalue weighted by molar-refractivity contribution is 14.0. The number of methoxy groups -OCH3 is 1. The standard InChI is InChI=1S/C14H24N4O2.HI/c1-4-15-14(17-9-10-20-5-2)18-11-12-7-6-8-16-13(12)19-3;/h6-8H,4-5,9-11H2,1-3H3,(H2,15,17,18);1H. The van der Waals surface area contributed by atoms with Crippen LogP contribution in [0.1, 0.15) is 19.4 Å². The van der Waals surface area contributed by atoms with Crippen molar-refractivity contribution >= 4 is 29.9 Å². The van der Waals surface area contributed by atoms with Crippen molar-refractivity contribution in [1.29, 1.82) is 0 Å². The van der Waals surface area contributed by atoms with E-state index in [1.807, 2.05) is 26.0 Å². The molecule has 21 heavy (non-hydrogen) atoms. The molecule has 1 heterocycles. The minimum absolute atomic E-state index is 0. The molecule has 6 nitrogen and oxygen atoms in total. The molecule has 0 saturated heterocycles. The smallest absolute Gasteiger partial charge is 0.218 e. The maximum atomic E-state index is 5.29. The predicted octanol–water partition coefficient (Wildman–Crippen LogP) is 1.80. The fourth-order valence-electron chi connectivity index (χ4n) is 1.62. The predicted molar refractivity (Wildman–Crippen MR) is 95.5 cm³/mol. The Labute approximate surface area is 143 Å². The second-order valence-corrected chi connectivity index (χ2v) is 3.99. The number of aromatic nitrogens is 1. The molecule has 0 amide bonds. The molecule has 0 saturated carbocycles. The van der Waals surface area contributed by atoms with Crippen LogP contribution in [-0.4, -0.2) is 44.4 Å². The first-order valence-electron chi connectivity index (χ1n) is 6.89. The highest BCUT2D eigenvalue weighted by Gasteiger charge is 2.03. The summed E-state index contributed by atoms with van der Waals surface area (Å²) < 4.78 is 10.5. The van der Waals surface area contributed by atoms with Crippen LogP contribution in [0.4, 0.5) is 0 Å². The van der Waals surface area contributed by atoms with Gasteiger partial charge >= 0.3 is 0 Å². The first-order chi connectivity index (χ1) is 9.81. The molecule has 0 aliphatic heterocycles. The zero-order valence-electron chi connectivity index (χ0n) is 12.9. The summed E-state index contributed by atoms with van der Waals surface area (Å²) in [6.07, 6.45) is 1.71. The Morgan fingerprint density at radius 1 is 1.33 bits per heavy atom. The molecular formula is C14H25IN4O2. The average Bonchev–Trinajstić information content (AvgIpc) is 2.49. The Morgan fingerprint density at radius 3 is 2.81 bits per heavy atom. The quantitative estimate of drug-likeness (QED) is 0.297. The van der Waals surface area contributed by atoms with Crippen LogP contribution >= 0.6 is 24.0 Å². The molecule has 0 aromatic carbocycles. The summed E-state index contributed by atoms with van der Waals surface area (Å²) in [6, 6.07) is 3.84. The number of pyridine rings is 1. The number of ether oxygens (including phenoxy) is 2. The highest BCUT2D eigenvalue weighted by atomic mass is 127. The topological polar surface area (TPSA) is 67.8 Å². The van der Waals surface area contributed by atoms with Crippen LogP contribution in [0.15, 0.2) is 23.3 Å². The zero-order valence-corrected chi connectivity index (χ0v) is 15.2. The van der Waals surface area contributed by atoms with Gasteiger partial charge < -0.3 is 20.1 Å². The van der Waals surface area contributed by atoms with Gasteiger partial charge in [-0.3, -0.25) is 0 Å². The van der Waals surface area contributed by atoms with E-state index in [2.05, 4.69) is 20.6 Å². The van der Waals surface area contributed by atoms with Crippen molar-refractivity contribution in [3.05, 3.63) is 23.9 Å². The molecule has 0 spiro atoms. The van der Waals surface area contributed by atoms with Gasteiger partial charge in [-0.25, -0.2) is 9.98 Å². The van der Waals surface area contributed by atoms with Gasteiger partial charge in [0.25, 0.3) is 0 Å². The van der Waals surface area contributed by atoms with Crippen LogP contribution in [0.5, 0.6) is 5.88 Å². The van der Waals surface area contributed by atoms with E-state index in [9.17, 15) is 0 Å². The van der Waals surface area contributed by atoms with Gasteiger partial charge in [-0.05, 0) is 19.9 Å². The van der Waals surface area contributed by atoms with E-state index in [0.29, 0.717) is 19.0 Å². The van der Waals surface area contributed by atoms with Crippen molar-refractivity contribution in [2.45, 2.75) is 20.4 Å². The summed E-state index contributed by atoms with van der Waals surface area (Å²) in [6.45, 7) is 7.45. The molecule has 1 aromatic rings. The molecule has 0 unspecified atom stereocenters. The molecule has 0 aliphatic carbocycles. The van der Waals surface area contributed by atoms with Crippen LogP contribution in [0.2, 0.25) is 0 Å². The van der Waals surface area contributed by atoms with Crippen molar-refractivity contribution in [2.24, 2.45) is 4.99 Å². The first kappa shape index (κ1) is 19.9. The van der Waals surface area contributed by atoms with Crippen molar-refractivity contribution in [3.63, 3.8) is 0 Å².